The zero-order valence-electron chi connectivity index (χ0n) is 18.6. The highest BCUT2D eigenvalue weighted by Gasteiger charge is 1.93. The molecular weight excluding hydrogens is 330 g/mol. The molecule has 3 nitrogen and oxygen atoms in total. The van der Waals surface area contributed by atoms with Crippen LogP contribution in [0.1, 0.15) is 110 Å². The average molecular weight is 382 g/mol. The highest BCUT2D eigenvalue weighted by Crippen LogP contribution is 2.12. The summed E-state index contributed by atoms with van der Waals surface area (Å²) in [7, 11) is 0. The van der Waals surface area contributed by atoms with E-state index in [4.69, 9.17) is 5.73 Å². The second-order valence-corrected chi connectivity index (χ2v) is 7.93. The molecule has 0 bridgehead atoms. The van der Waals surface area contributed by atoms with Gasteiger partial charge < -0.3 is 16.4 Å². The van der Waals surface area contributed by atoms with E-state index in [1.165, 1.54) is 96.3 Å². The normalized spacial score (nSPS) is 11.6. The Balaban J connectivity index is 3.05. The quantitative estimate of drug-likeness (QED) is 0.152. The Kier molecular flexibility index (Phi) is 25.3. The summed E-state index contributed by atoms with van der Waals surface area (Å²) in [5.74, 6) is 0. The fourth-order valence-corrected chi connectivity index (χ4v) is 3.34. The Morgan fingerprint density at radius 3 is 1.59 bits per heavy atom. The van der Waals surface area contributed by atoms with Crippen molar-refractivity contribution in [2.45, 2.75) is 110 Å². The summed E-state index contributed by atoms with van der Waals surface area (Å²) < 4.78 is 0. The highest BCUT2D eigenvalue weighted by molar-refractivity contribution is 4.82. The van der Waals surface area contributed by atoms with E-state index in [0.717, 1.165) is 39.1 Å². The first kappa shape index (κ1) is 26.6. The van der Waals surface area contributed by atoms with Crippen LogP contribution >= 0.6 is 0 Å². The molecule has 0 aromatic heterocycles. The minimum absolute atomic E-state index is 0.789. The van der Waals surface area contributed by atoms with E-state index in [1.54, 1.807) is 0 Å². The first-order chi connectivity index (χ1) is 13.4. The van der Waals surface area contributed by atoms with Crippen molar-refractivity contribution >= 4 is 0 Å². The molecule has 0 aromatic rings. The van der Waals surface area contributed by atoms with Crippen molar-refractivity contribution in [3.63, 3.8) is 0 Å². The summed E-state index contributed by atoms with van der Waals surface area (Å²) in [6, 6.07) is 0. The molecule has 0 spiro atoms. The van der Waals surface area contributed by atoms with Gasteiger partial charge in [0.1, 0.15) is 0 Å². The van der Waals surface area contributed by atoms with Gasteiger partial charge in [-0.05, 0) is 64.8 Å². The van der Waals surface area contributed by atoms with E-state index in [9.17, 15) is 0 Å². The molecule has 0 radical (unpaired) electrons. The van der Waals surface area contributed by atoms with Gasteiger partial charge in [0.15, 0.2) is 0 Å². The van der Waals surface area contributed by atoms with Crippen molar-refractivity contribution in [3.8, 4) is 0 Å². The molecule has 27 heavy (non-hydrogen) atoms. The molecular formula is C24H51N3. The van der Waals surface area contributed by atoms with E-state index in [2.05, 4.69) is 29.7 Å². The maximum Gasteiger partial charge on any atom is -0.00143 e. The van der Waals surface area contributed by atoms with E-state index in [0.29, 0.717) is 0 Å². The Bertz CT molecular complexity index is 279. The van der Waals surface area contributed by atoms with Crippen LogP contribution in [0.3, 0.4) is 0 Å². The number of hydrogen-bond donors (Lipinski definition) is 3. The van der Waals surface area contributed by atoms with Gasteiger partial charge in [0.05, 0.1) is 0 Å². The molecule has 0 aliphatic rings. The molecule has 4 N–H and O–H groups in total. The van der Waals surface area contributed by atoms with Crippen LogP contribution < -0.4 is 16.4 Å². The summed E-state index contributed by atoms with van der Waals surface area (Å²) in [5.41, 5.74) is 5.46. The maximum atomic E-state index is 5.46. The second kappa shape index (κ2) is 25.6. The minimum Gasteiger partial charge on any atom is -0.330 e. The van der Waals surface area contributed by atoms with Crippen molar-refractivity contribution in [1.29, 1.82) is 0 Å². The highest BCUT2D eigenvalue weighted by atomic mass is 14.9. The zero-order valence-corrected chi connectivity index (χ0v) is 18.6. The molecule has 0 heterocycles. The number of rotatable bonds is 23. The molecule has 0 fully saturated rings. The van der Waals surface area contributed by atoms with Gasteiger partial charge in [-0.1, -0.05) is 89.7 Å². The van der Waals surface area contributed by atoms with Crippen molar-refractivity contribution < 1.29 is 0 Å². The van der Waals surface area contributed by atoms with Crippen LogP contribution in [0.15, 0.2) is 12.2 Å². The molecule has 0 unspecified atom stereocenters. The van der Waals surface area contributed by atoms with E-state index in [-0.39, 0.29) is 0 Å². The standard InChI is InChI=1S/C24H51N3/c1-2-3-4-5-6-7-8-9-10-11-12-13-14-15-16-17-21-26-23-19-24-27-22-18-20-25/h15-16,26-27H,2-14,17-25H2,1H3/b16-15-. The van der Waals surface area contributed by atoms with Crippen LogP contribution in [0, 0.1) is 0 Å². The Morgan fingerprint density at radius 1 is 0.519 bits per heavy atom. The molecule has 0 rings (SSSR count). The van der Waals surface area contributed by atoms with Crippen molar-refractivity contribution in [2.24, 2.45) is 5.73 Å². The Labute approximate surface area is 171 Å². The summed E-state index contributed by atoms with van der Waals surface area (Å²) in [6.45, 7) is 7.46. The monoisotopic (exact) mass is 381 g/mol. The lowest BCUT2D eigenvalue weighted by Crippen LogP contribution is -2.24. The van der Waals surface area contributed by atoms with Crippen molar-refractivity contribution in [3.05, 3.63) is 12.2 Å². The predicted octanol–water partition coefficient (Wildman–Crippen LogP) is 5.94. The maximum absolute atomic E-state index is 5.46. The third kappa shape index (κ3) is 25.6. The third-order valence-corrected chi connectivity index (χ3v) is 5.14. The van der Waals surface area contributed by atoms with Gasteiger partial charge in [0.2, 0.25) is 0 Å². The number of nitrogens with two attached hydrogens (primary N) is 1. The molecule has 0 aliphatic carbocycles. The van der Waals surface area contributed by atoms with Gasteiger partial charge in [-0.2, -0.15) is 0 Å². The topological polar surface area (TPSA) is 50.1 Å². The molecule has 0 aliphatic heterocycles. The number of unbranched alkanes of at least 4 members (excludes halogenated alkanes) is 12. The third-order valence-electron chi connectivity index (χ3n) is 5.14. The number of allylic oxidation sites excluding steroid dienone is 1. The Morgan fingerprint density at radius 2 is 1.00 bits per heavy atom. The van der Waals surface area contributed by atoms with Crippen LogP contribution in [0.4, 0.5) is 0 Å². The van der Waals surface area contributed by atoms with Gasteiger partial charge in [0, 0.05) is 0 Å². The van der Waals surface area contributed by atoms with Crippen LogP contribution in [-0.4, -0.2) is 32.7 Å². The predicted molar refractivity (Wildman–Crippen MR) is 123 cm³/mol. The van der Waals surface area contributed by atoms with Crippen molar-refractivity contribution in [2.75, 3.05) is 32.7 Å². The van der Waals surface area contributed by atoms with Crippen LogP contribution in [0.25, 0.3) is 0 Å². The number of hydrogen-bond acceptors (Lipinski definition) is 3. The van der Waals surface area contributed by atoms with Crippen molar-refractivity contribution in [1.82, 2.24) is 10.6 Å². The first-order valence-corrected chi connectivity index (χ1v) is 12.2. The summed E-state index contributed by atoms with van der Waals surface area (Å²) in [6.07, 6.45) is 26.7. The smallest absolute Gasteiger partial charge is 0.00143 e. The SMILES string of the molecule is CCCCCCCCCCCCCC/C=C\CCNCCCNCCCN. The summed E-state index contributed by atoms with van der Waals surface area (Å²) in [5, 5.41) is 6.92. The fourth-order valence-electron chi connectivity index (χ4n) is 3.34. The van der Waals surface area contributed by atoms with Gasteiger partial charge in [-0.25, -0.2) is 0 Å². The van der Waals surface area contributed by atoms with Crippen LogP contribution in [0.2, 0.25) is 0 Å². The van der Waals surface area contributed by atoms with E-state index < -0.39 is 0 Å². The molecule has 0 aromatic carbocycles. The van der Waals surface area contributed by atoms with E-state index >= 15 is 0 Å². The van der Waals surface area contributed by atoms with Gasteiger partial charge in [-0.3, -0.25) is 0 Å². The molecule has 162 valence electrons. The zero-order chi connectivity index (χ0) is 19.7. The van der Waals surface area contributed by atoms with Crippen LogP contribution in [0.5, 0.6) is 0 Å². The summed E-state index contributed by atoms with van der Waals surface area (Å²) in [4.78, 5) is 0. The molecule has 0 saturated carbocycles. The number of nitrogens with one attached hydrogen (secondary N) is 2. The largest absolute Gasteiger partial charge is 0.330 e. The van der Waals surface area contributed by atoms with Gasteiger partial charge in [0.25, 0.3) is 0 Å². The lowest BCUT2D eigenvalue weighted by atomic mass is 10.0. The first-order valence-electron chi connectivity index (χ1n) is 12.2. The molecule has 0 saturated heterocycles. The molecule has 0 atom stereocenters. The average Bonchev–Trinajstić information content (AvgIpc) is 2.68. The fraction of sp³-hybridized carbons (Fsp3) is 0.917. The second-order valence-electron chi connectivity index (χ2n) is 7.93. The van der Waals surface area contributed by atoms with Gasteiger partial charge >= 0.3 is 0 Å². The lowest BCUT2D eigenvalue weighted by Gasteiger charge is -2.04. The summed E-state index contributed by atoms with van der Waals surface area (Å²) >= 11 is 0. The van der Waals surface area contributed by atoms with E-state index in [1.807, 2.05) is 0 Å². The molecule has 3 heteroatoms. The lowest BCUT2D eigenvalue weighted by molar-refractivity contribution is 0.545. The van der Waals surface area contributed by atoms with Crippen LogP contribution in [-0.2, 0) is 0 Å². The minimum atomic E-state index is 0.789. The Hall–Kier alpha value is -0.380. The van der Waals surface area contributed by atoms with Gasteiger partial charge in [-0.15, -0.1) is 0 Å². The molecule has 0 amide bonds.